The molecule has 2 aromatic heterocycles. The molecule has 3 rings (SSSR count). The number of rotatable bonds is 4. The number of thiophene rings is 1. The molecule has 2 heterocycles. The number of hydrogen-bond donors (Lipinski definition) is 1. The second-order valence-electron chi connectivity index (χ2n) is 5.96. The van der Waals surface area contributed by atoms with Crippen LogP contribution in [0.4, 0.5) is 11.4 Å². The van der Waals surface area contributed by atoms with E-state index in [0.29, 0.717) is 6.04 Å². The van der Waals surface area contributed by atoms with E-state index in [2.05, 4.69) is 48.4 Å². The molecule has 0 saturated carbocycles. The molecule has 1 N–H and O–H groups in total. The third-order valence-electron chi connectivity index (χ3n) is 4.09. The standard InChI is InChI=1S/C17H23N3S/c1-12(17-10-13-6-4-5-7-16(13)21-17)19-14-11-18-9-8-15(14)20(2)3/h8-12,19H,4-7H2,1-3H3. The van der Waals surface area contributed by atoms with Gasteiger partial charge in [0.2, 0.25) is 0 Å². The number of fused-ring (bicyclic) bond motifs is 1. The molecule has 1 atom stereocenters. The van der Waals surface area contributed by atoms with Gasteiger partial charge in [0.25, 0.3) is 0 Å². The molecule has 0 amide bonds. The van der Waals surface area contributed by atoms with Crippen LogP contribution in [0.3, 0.4) is 0 Å². The Hall–Kier alpha value is -1.55. The number of nitrogens with zero attached hydrogens (tertiary/aromatic N) is 2. The molecule has 0 aliphatic heterocycles. The van der Waals surface area contributed by atoms with Crippen LogP contribution in [0.15, 0.2) is 24.5 Å². The Balaban J connectivity index is 1.80. The van der Waals surface area contributed by atoms with Gasteiger partial charge in [-0.3, -0.25) is 4.98 Å². The number of aromatic nitrogens is 1. The van der Waals surface area contributed by atoms with Crippen molar-refractivity contribution in [2.45, 2.75) is 38.6 Å². The highest BCUT2D eigenvalue weighted by Gasteiger charge is 2.17. The average Bonchev–Trinajstić information content (AvgIpc) is 2.91. The van der Waals surface area contributed by atoms with Gasteiger partial charge in [-0.1, -0.05) is 0 Å². The number of hydrogen-bond acceptors (Lipinski definition) is 4. The van der Waals surface area contributed by atoms with Crippen LogP contribution in [0.2, 0.25) is 0 Å². The predicted octanol–water partition coefficient (Wildman–Crippen LogP) is 4.26. The second kappa shape index (κ2) is 6.06. The molecule has 112 valence electrons. The Morgan fingerprint density at radius 2 is 2.10 bits per heavy atom. The van der Waals surface area contributed by atoms with Gasteiger partial charge in [0.1, 0.15) is 0 Å². The van der Waals surface area contributed by atoms with Crippen LogP contribution in [0, 0.1) is 0 Å². The quantitative estimate of drug-likeness (QED) is 0.914. The maximum Gasteiger partial charge on any atom is 0.0769 e. The fraction of sp³-hybridized carbons (Fsp3) is 0.471. The minimum atomic E-state index is 0.323. The number of pyridine rings is 1. The molecule has 4 heteroatoms. The van der Waals surface area contributed by atoms with Crippen molar-refractivity contribution in [1.29, 1.82) is 0 Å². The first-order valence-electron chi connectivity index (χ1n) is 7.64. The van der Waals surface area contributed by atoms with Crippen molar-refractivity contribution in [3.05, 3.63) is 39.8 Å². The van der Waals surface area contributed by atoms with Crippen molar-refractivity contribution in [2.75, 3.05) is 24.3 Å². The van der Waals surface area contributed by atoms with Crippen molar-refractivity contribution in [3.8, 4) is 0 Å². The van der Waals surface area contributed by atoms with E-state index in [1.807, 2.05) is 23.7 Å². The first kappa shape index (κ1) is 14.4. The molecule has 21 heavy (non-hydrogen) atoms. The summed E-state index contributed by atoms with van der Waals surface area (Å²) >= 11 is 1.98. The molecule has 3 nitrogen and oxygen atoms in total. The Morgan fingerprint density at radius 1 is 1.29 bits per heavy atom. The third kappa shape index (κ3) is 3.05. The average molecular weight is 301 g/mol. The summed E-state index contributed by atoms with van der Waals surface area (Å²) in [6.07, 6.45) is 8.98. The molecule has 0 fully saturated rings. The molecule has 1 aliphatic rings. The fourth-order valence-electron chi connectivity index (χ4n) is 2.92. The second-order valence-corrected chi connectivity index (χ2v) is 7.13. The van der Waals surface area contributed by atoms with Crippen LogP contribution < -0.4 is 10.2 Å². The summed E-state index contributed by atoms with van der Waals surface area (Å²) in [5, 5.41) is 3.62. The summed E-state index contributed by atoms with van der Waals surface area (Å²) in [5.41, 5.74) is 3.86. The molecule has 0 saturated heterocycles. The number of aryl methyl sites for hydroxylation is 2. The van der Waals surface area contributed by atoms with Crippen LogP contribution in [0.25, 0.3) is 0 Å². The fourth-order valence-corrected chi connectivity index (χ4v) is 4.18. The molecular weight excluding hydrogens is 278 g/mol. The predicted molar refractivity (Wildman–Crippen MR) is 91.6 cm³/mol. The van der Waals surface area contributed by atoms with Gasteiger partial charge in [-0.05, 0) is 50.3 Å². The van der Waals surface area contributed by atoms with E-state index < -0.39 is 0 Å². The summed E-state index contributed by atoms with van der Waals surface area (Å²) in [7, 11) is 4.13. The van der Waals surface area contributed by atoms with Gasteiger partial charge in [0, 0.05) is 30.0 Å². The van der Waals surface area contributed by atoms with E-state index in [9.17, 15) is 0 Å². The van der Waals surface area contributed by atoms with Crippen LogP contribution >= 0.6 is 11.3 Å². The van der Waals surface area contributed by atoms with Crippen molar-refractivity contribution in [3.63, 3.8) is 0 Å². The van der Waals surface area contributed by atoms with E-state index in [0.717, 1.165) is 5.69 Å². The summed E-state index contributed by atoms with van der Waals surface area (Å²) < 4.78 is 0. The highest BCUT2D eigenvalue weighted by atomic mass is 32.1. The van der Waals surface area contributed by atoms with Crippen molar-refractivity contribution in [2.24, 2.45) is 0 Å². The summed E-state index contributed by atoms with van der Waals surface area (Å²) in [6, 6.07) is 4.78. The van der Waals surface area contributed by atoms with Crippen molar-refractivity contribution < 1.29 is 0 Å². The molecule has 1 aliphatic carbocycles. The maximum absolute atomic E-state index is 4.25. The van der Waals surface area contributed by atoms with E-state index in [1.54, 1.807) is 10.4 Å². The Bertz CT molecular complexity index is 595. The summed E-state index contributed by atoms with van der Waals surface area (Å²) in [6.45, 7) is 2.24. The van der Waals surface area contributed by atoms with E-state index in [-0.39, 0.29) is 0 Å². The zero-order chi connectivity index (χ0) is 14.8. The topological polar surface area (TPSA) is 28.2 Å². The van der Waals surface area contributed by atoms with Gasteiger partial charge < -0.3 is 10.2 Å². The first-order chi connectivity index (χ1) is 10.1. The monoisotopic (exact) mass is 301 g/mol. The molecule has 1 unspecified atom stereocenters. The lowest BCUT2D eigenvalue weighted by Gasteiger charge is -2.20. The van der Waals surface area contributed by atoms with Gasteiger partial charge in [-0.25, -0.2) is 0 Å². The van der Waals surface area contributed by atoms with Crippen molar-refractivity contribution >= 4 is 22.7 Å². The molecular formula is C17H23N3S. The molecule has 0 radical (unpaired) electrons. The summed E-state index contributed by atoms with van der Waals surface area (Å²) in [5.74, 6) is 0. The van der Waals surface area contributed by atoms with Crippen molar-refractivity contribution in [1.82, 2.24) is 4.98 Å². The lowest BCUT2D eigenvalue weighted by molar-refractivity contribution is 0.696. The lowest BCUT2D eigenvalue weighted by atomic mass is 9.99. The Kier molecular flexibility index (Phi) is 4.15. The number of nitrogens with one attached hydrogen (secondary N) is 1. The highest BCUT2D eigenvalue weighted by Crippen LogP contribution is 2.35. The number of anilines is 2. The highest BCUT2D eigenvalue weighted by molar-refractivity contribution is 7.12. The Morgan fingerprint density at radius 3 is 2.86 bits per heavy atom. The molecule has 2 aromatic rings. The molecule has 0 bridgehead atoms. The van der Waals surface area contributed by atoms with E-state index in [1.165, 1.54) is 36.2 Å². The molecule has 0 aromatic carbocycles. The largest absolute Gasteiger partial charge is 0.376 e. The van der Waals surface area contributed by atoms with Crippen LogP contribution in [-0.4, -0.2) is 19.1 Å². The van der Waals surface area contributed by atoms with Gasteiger partial charge in [-0.15, -0.1) is 11.3 Å². The van der Waals surface area contributed by atoms with E-state index >= 15 is 0 Å². The lowest BCUT2D eigenvalue weighted by Crippen LogP contribution is -2.13. The normalized spacial score (nSPS) is 15.4. The van der Waals surface area contributed by atoms with Crippen LogP contribution in [0.5, 0.6) is 0 Å². The first-order valence-corrected chi connectivity index (χ1v) is 8.46. The van der Waals surface area contributed by atoms with Gasteiger partial charge >= 0.3 is 0 Å². The minimum Gasteiger partial charge on any atom is -0.376 e. The summed E-state index contributed by atoms with van der Waals surface area (Å²) in [4.78, 5) is 9.42. The zero-order valence-electron chi connectivity index (χ0n) is 13.0. The Labute approximate surface area is 131 Å². The third-order valence-corrected chi connectivity index (χ3v) is 5.51. The van der Waals surface area contributed by atoms with Crippen LogP contribution in [0.1, 0.15) is 41.1 Å². The smallest absolute Gasteiger partial charge is 0.0769 e. The molecule has 0 spiro atoms. The van der Waals surface area contributed by atoms with Crippen LogP contribution in [-0.2, 0) is 12.8 Å². The van der Waals surface area contributed by atoms with E-state index in [4.69, 9.17) is 0 Å². The SMILES string of the molecule is CC(Nc1cnccc1N(C)C)c1cc2c(s1)CCCC2. The van der Waals surface area contributed by atoms with Gasteiger partial charge in [0.05, 0.1) is 23.6 Å². The minimum absolute atomic E-state index is 0.323. The maximum atomic E-state index is 4.25. The zero-order valence-corrected chi connectivity index (χ0v) is 13.8. The van der Waals surface area contributed by atoms with Gasteiger partial charge in [0.15, 0.2) is 0 Å². The van der Waals surface area contributed by atoms with Gasteiger partial charge in [-0.2, -0.15) is 0 Å².